The van der Waals surface area contributed by atoms with Crippen molar-refractivity contribution in [1.82, 2.24) is 0 Å². The molecule has 2 rings (SSSR count). The number of benzene rings is 2. The highest BCUT2D eigenvalue weighted by atomic mass is 16.5. The molecule has 0 radical (unpaired) electrons. The molecule has 0 aliphatic heterocycles. The van der Waals surface area contributed by atoms with Crippen LogP contribution in [-0.4, -0.2) is 32.1 Å². The van der Waals surface area contributed by atoms with Gasteiger partial charge in [0.2, 0.25) is 0 Å². The average molecular weight is 384 g/mol. The van der Waals surface area contributed by atoms with E-state index in [1.165, 1.54) is 0 Å². The molecule has 5 nitrogen and oxygen atoms in total. The Kier molecular flexibility index (Phi) is 8.69. The maximum atomic E-state index is 12.6. The van der Waals surface area contributed by atoms with Gasteiger partial charge in [0.15, 0.2) is 0 Å². The van der Waals surface area contributed by atoms with Gasteiger partial charge in [0.25, 0.3) is 0 Å². The Balaban J connectivity index is 2.12. The monoisotopic (exact) mass is 384 g/mol. The Bertz CT molecular complexity index is 768. The Morgan fingerprint density at radius 3 is 2.39 bits per heavy atom. The zero-order valence-corrected chi connectivity index (χ0v) is 16.8. The molecule has 150 valence electrons. The Labute approximate surface area is 166 Å². The zero-order valence-electron chi connectivity index (χ0n) is 16.8. The van der Waals surface area contributed by atoms with E-state index in [4.69, 9.17) is 14.2 Å². The number of esters is 1. The van der Waals surface area contributed by atoms with E-state index < -0.39 is 5.97 Å². The predicted octanol–water partition coefficient (Wildman–Crippen LogP) is 4.23. The summed E-state index contributed by atoms with van der Waals surface area (Å²) in [5.41, 5.74) is 2.09. The first kappa shape index (κ1) is 21.6. The molecule has 5 heteroatoms. The lowest BCUT2D eigenvalue weighted by molar-refractivity contribution is -0.121. The van der Waals surface area contributed by atoms with E-state index in [2.05, 4.69) is 0 Å². The molecular weight excluding hydrogens is 356 g/mol. The van der Waals surface area contributed by atoms with Crippen molar-refractivity contribution in [3.63, 3.8) is 0 Å². The number of methoxy groups -OCH3 is 1. The molecule has 2 aromatic rings. The summed E-state index contributed by atoms with van der Waals surface area (Å²) in [4.78, 5) is 24.6. The summed E-state index contributed by atoms with van der Waals surface area (Å²) in [5, 5.41) is 0. The summed E-state index contributed by atoms with van der Waals surface area (Å²) in [7, 11) is 1.63. The van der Waals surface area contributed by atoms with E-state index in [1.807, 2.05) is 44.2 Å². The number of ketones is 1. The van der Waals surface area contributed by atoms with E-state index in [0.717, 1.165) is 11.1 Å². The molecule has 0 aliphatic carbocycles. The topological polar surface area (TPSA) is 61.8 Å². The molecule has 0 fully saturated rings. The van der Waals surface area contributed by atoms with Gasteiger partial charge in [-0.25, -0.2) is 4.79 Å². The third-order valence-corrected chi connectivity index (χ3v) is 4.25. The molecule has 0 amide bonds. The molecule has 0 unspecified atom stereocenters. The number of rotatable bonds is 11. The number of hydrogen-bond acceptors (Lipinski definition) is 5. The lowest BCUT2D eigenvalue weighted by Crippen LogP contribution is -2.12. The van der Waals surface area contributed by atoms with Crippen molar-refractivity contribution in [2.24, 2.45) is 5.92 Å². The van der Waals surface area contributed by atoms with Crippen LogP contribution in [0.15, 0.2) is 48.5 Å². The molecule has 0 spiro atoms. The van der Waals surface area contributed by atoms with Crippen molar-refractivity contribution in [3.8, 4) is 5.75 Å². The van der Waals surface area contributed by atoms with Crippen LogP contribution in [0.2, 0.25) is 0 Å². The van der Waals surface area contributed by atoms with Gasteiger partial charge in [-0.2, -0.15) is 0 Å². The summed E-state index contributed by atoms with van der Waals surface area (Å²) in [6.07, 6.45) is 1.01. The maximum Gasteiger partial charge on any atom is 0.342 e. The summed E-state index contributed by atoms with van der Waals surface area (Å²) < 4.78 is 16.3. The van der Waals surface area contributed by atoms with Crippen LogP contribution in [0, 0.1) is 5.92 Å². The van der Waals surface area contributed by atoms with Crippen LogP contribution in [0.1, 0.15) is 41.8 Å². The fourth-order valence-electron chi connectivity index (χ4n) is 2.56. The number of Topliss-reactive ketones (excluding diaryl/α,β-unsaturated/α-hetero) is 1. The second-order valence-corrected chi connectivity index (χ2v) is 6.88. The van der Waals surface area contributed by atoms with Crippen molar-refractivity contribution in [2.75, 3.05) is 20.3 Å². The minimum absolute atomic E-state index is 0.0402. The first-order chi connectivity index (χ1) is 13.5. The minimum Gasteiger partial charge on any atom is -0.493 e. The second kappa shape index (κ2) is 11.2. The molecule has 0 aromatic heterocycles. The quantitative estimate of drug-likeness (QED) is 0.429. The van der Waals surface area contributed by atoms with E-state index in [-0.39, 0.29) is 18.3 Å². The molecule has 0 bridgehead atoms. The summed E-state index contributed by atoms with van der Waals surface area (Å²) in [6, 6.07) is 14.7. The van der Waals surface area contributed by atoms with Gasteiger partial charge in [-0.3, -0.25) is 4.79 Å². The summed E-state index contributed by atoms with van der Waals surface area (Å²) in [6.45, 7) is 4.92. The van der Waals surface area contributed by atoms with Crippen molar-refractivity contribution in [2.45, 2.75) is 33.3 Å². The lowest BCUT2D eigenvalue weighted by Gasteiger charge is -2.13. The standard InChI is InChI=1S/C23H28O5/c1-17(2)21(24)14-19-10-11-20(22(15-19)27-13-7-12-26-3)23(25)28-16-18-8-5-4-6-9-18/h4-6,8-11,15,17H,7,12-14,16H2,1-3H3. The van der Waals surface area contributed by atoms with Gasteiger partial charge in [0.05, 0.1) is 6.61 Å². The minimum atomic E-state index is -0.452. The molecule has 0 saturated heterocycles. The Morgan fingerprint density at radius 1 is 0.964 bits per heavy atom. The smallest absolute Gasteiger partial charge is 0.342 e. The van der Waals surface area contributed by atoms with E-state index in [9.17, 15) is 9.59 Å². The van der Waals surface area contributed by atoms with Crippen molar-refractivity contribution in [3.05, 3.63) is 65.2 Å². The predicted molar refractivity (Wildman–Crippen MR) is 108 cm³/mol. The Morgan fingerprint density at radius 2 is 1.71 bits per heavy atom. The highest BCUT2D eigenvalue weighted by Crippen LogP contribution is 2.23. The second-order valence-electron chi connectivity index (χ2n) is 6.88. The fraction of sp³-hybridized carbons (Fsp3) is 0.391. The maximum absolute atomic E-state index is 12.6. The largest absolute Gasteiger partial charge is 0.493 e. The third kappa shape index (κ3) is 6.82. The van der Waals surface area contributed by atoms with Crippen LogP contribution in [0.5, 0.6) is 5.75 Å². The van der Waals surface area contributed by atoms with Gasteiger partial charge < -0.3 is 14.2 Å². The number of carbonyl (C=O) groups excluding carboxylic acids is 2. The average Bonchev–Trinajstić information content (AvgIpc) is 2.70. The van der Waals surface area contributed by atoms with E-state index in [1.54, 1.807) is 25.3 Å². The molecule has 0 heterocycles. The molecule has 0 saturated carbocycles. The zero-order chi connectivity index (χ0) is 20.4. The molecule has 2 aromatic carbocycles. The molecule has 0 aliphatic rings. The third-order valence-electron chi connectivity index (χ3n) is 4.25. The highest BCUT2D eigenvalue weighted by Gasteiger charge is 2.17. The van der Waals surface area contributed by atoms with Crippen LogP contribution in [0.4, 0.5) is 0 Å². The van der Waals surface area contributed by atoms with Gasteiger partial charge in [0, 0.05) is 32.5 Å². The van der Waals surface area contributed by atoms with Crippen LogP contribution in [0.25, 0.3) is 0 Å². The van der Waals surface area contributed by atoms with E-state index >= 15 is 0 Å². The first-order valence-corrected chi connectivity index (χ1v) is 9.49. The van der Waals surface area contributed by atoms with Gasteiger partial charge in [-0.1, -0.05) is 50.2 Å². The highest BCUT2D eigenvalue weighted by molar-refractivity contribution is 5.93. The number of carbonyl (C=O) groups is 2. The van der Waals surface area contributed by atoms with Crippen LogP contribution >= 0.6 is 0 Å². The number of hydrogen-bond donors (Lipinski definition) is 0. The molecule has 28 heavy (non-hydrogen) atoms. The first-order valence-electron chi connectivity index (χ1n) is 9.49. The van der Waals surface area contributed by atoms with Gasteiger partial charge in [-0.05, 0) is 23.3 Å². The van der Waals surface area contributed by atoms with Gasteiger partial charge >= 0.3 is 5.97 Å². The van der Waals surface area contributed by atoms with Crippen LogP contribution < -0.4 is 4.74 Å². The van der Waals surface area contributed by atoms with Crippen molar-refractivity contribution < 1.29 is 23.8 Å². The van der Waals surface area contributed by atoms with E-state index in [0.29, 0.717) is 37.4 Å². The lowest BCUT2D eigenvalue weighted by atomic mass is 9.99. The molecule has 0 atom stereocenters. The van der Waals surface area contributed by atoms with Crippen LogP contribution in [-0.2, 0) is 27.3 Å². The summed E-state index contributed by atoms with van der Waals surface area (Å²) >= 11 is 0. The number of ether oxygens (including phenoxy) is 3. The fourth-order valence-corrected chi connectivity index (χ4v) is 2.56. The Hall–Kier alpha value is -2.66. The SMILES string of the molecule is COCCCOc1cc(CC(=O)C(C)C)ccc1C(=O)OCc1ccccc1. The van der Waals surface area contributed by atoms with Gasteiger partial charge in [-0.15, -0.1) is 0 Å². The molecule has 0 N–H and O–H groups in total. The van der Waals surface area contributed by atoms with Gasteiger partial charge in [0.1, 0.15) is 23.7 Å². The van der Waals surface area contributed by atoms with Crippen LogP contribution in [0.3, 0.4) is 0 Å². The molecular formula is C23H28O5. The van der Waals surface area contributed by atoms with Crippen molar-refractivity contribution >= 4 is 11.8 Å². The normalized spacial score (nSPS) is 10.7. The summed E-state index contributed by atoms with van der Waals surface area (Å²) in [5.74, 6) is 0.0851. The van der Waals surface area contributed by atoms with Crippen molar-refractivity contribution in [1.29, 1.82) is 0 Å².